The van der Waals surface area contributed by atoms with Crippen molar-refractivity contribution in [3.8, 4) is 0 Å². The molecule has 108 valence electrons. The van der Waals surface area contributed by atoms with Crippen LogP contribution in [0.25, 0.3) is 0 Å². The summed E-state index contributed by atoms with van der Waals surface area (Å²) in [5.41, 5.74) is 3.31. The lowest BCUT2D eigenvalue weighted by atomic mass is 9.95. The number of nitrogens with zero attached hydrogens (tertiary/aromatic N) is 2. The van der Waals surface area contributed by atoms with E-state index in [1.54, 1.807) is 0 Å². The fourth-order valence-corrected chi connectivity index (χ4v) is 2.89. The Morgan fingerprint density at radius 2 is 2.20 bits per heavy atom. The SMILES string of the molecule is Cc1ccc(C(C)CCCC2=C(Cl)CC(Cl)N=C2)cn1. The van der Waals surface area contributed by atoms with Crippen molar-refractivity contribution < 1.29 is 0 Å². The van der Waals surface area contributed by atoms with Gasteiger partial charge in [-0.05, 0) is 49.3 Å². The highest BCUT2D eigenvalue weighted by atomic mass is 35.5. The van der Waals surface area contributed by atoms with Crippen molar-refractivity contribution in [1.29, 1.82) is 0 Å². The van der Waals surface area contributed by atoms with E-state index in [0.717, 1.165) is 35.6 Å². The van der Waals surface area contributed by atoms with Crippen LogP contribution in [0.5, 0.6) is 0 Å². The van der Waals surface area contributed by atoms with Crippen molar-refractivity contribution in [3.05, 3.63) is 40.2 Å². The van der Waals surface area contributed by atoms with Crippen LogP contribution in [-0.2, 0) is 0 Å². The van der Waals surface area contributed by atoms with Gasteiger partial charge in [-0.1, -0.05) is 36.2 Å². The fourth-order valence-electron chi connectivity index (χ4n) is 2.31. The Bertz CT molecular complexity index is 506. The molecule has 2 nitrogen and oxygen atoms in total. The van der Waals surface area contributed by atoms with Crippen LogP contribution in [0.2, 0.25) is 0 Å². The average Bonchev–Trinajstić information content (AvgIpc) is 2.42. The maximum Gasteiger partial charge on any atom is 0.128 e. The van der Waals surface area contributed by atoms with E-state index in [2.05, 4.69) is 29.0 Å². The van der Waals surface area contributed by atoms with Crippen LogP contribution < -0.4 is 0 Å². The van der Waals surface area contributed by atoms with Crippen LogP contribution in [0.3, 0.4) is 0 Å². The van der Waals surface area contributed by atoms with Crippen LogP contribution in [0, 0.1) is 6.92 Å². The van der Waals surface area contributed by atoms with Gasteiger partial charge in [-0.3, -0.25) is 9.98 Å². The predicted molar refractivity (Wildman–Crippen MR) is 86.9 cm³/mol. The average molecular weight is 311 g/mol. The monoisotopic (exact) mass is 310 g/mol. The highest BCUT2D eigenvalue weighted by Crippen LogP contribution is 2.28. The van der Waals surface area contributed by atoms with Crippen LogP contribution in [0.1, 0.15) is 49.8 Å². The van der Waals surface area contributed by atoms with Gasteiger partial charge in [-0.2, -0.15) is 0 Å². The molecule has 0 radical (unpaired) electrons. The molecule has 0 amide bonds. The number of dihydropyridines is 1. The fraction of sp³-hybridized carbons (Fsp3) is 0.500. The minimum atomic E-state index is -0.191. The van der Waals surface area contributed by atoms with Crippen molar-refractivity contribution in [1.82, 2.24) is 4.98 Å². The number of alkyl halides is 1. The number of aromatic nitrogens is 1. The topological polar surface area (TPSA) is 25.2 Å². The Hall–Kier alpha value is -0.860. The second-order valence-electron chi connectivity index (χ2n) is 5.37. The summed E-state index contributed by atoms with van der Waals surface area (Å²) in [5.74, 6) is 0.517. The molecule has 0 N–H and O–H groups in total. The van der Waals surface area contributed by atoms with Crippen LogP contribution in [0.15, 0.2) is 33.9 Å². The summed E-state index contributed by atoms with van der Waals surface area (Å²) >= 11 is 12.2. The van der Waals surface area contributed by atoms with E-state index in [4.69, 9.17) is 23.2 Å². The van der Waals surface area contributed by atoms with Gasteiger partial charge in [0.1, 0.15) is 5.50 Å². The molecule has 0 saturated carbocycles. The number of rotatable bonds is 5. The number of hydrogen-bond acceptors (Lipinski definition) is 2. The minimum Gasteiger partial charge on any atom is -0.273 e. The molecule has 1 aromatic heterocycles. The number of aryl methyl sites for hydroxylation is 1. The summed E-state index contributed by atoms with van der Waals surface area (Å²) in [7, 11) is 0. The Balaban J connectivity index is 1.83. The molecule has 2 atom stereocenters. The standard InChI is InChI=1S/C16H20Cl2N2/c1-11(13-7-6-12(2)19-9-13)4-3-5-14-10-20-16(18)8-15(14)17/h6-7,9-11,16H,3-5,8H2,1-2H3. The maximum absolute atomic E-state index is 6.22. The van der Waals surface area contributed by atoms with Crippen LogP contribution in [-0.4, -0.2) is 16.7 Å². The molecule has 1 aromatic rings. The van der Waals surface area contributed by atoms with Crippen molar-refractivity contribution >= 4 is 29.4 Å². The lowest BCUT2D eigenvalue weighted by Gasteiger charge is -2.15. The number of pyridine rings is 1. The predicted octanol–water partition coefficient (Wildman–Crippen LogP) is 5.20. The first-order chi connectivity index (χ1) is 9.56. The number of aliphatic imine (C=N–C) groups is 1. The molecule has 0 aromatic carbocycles. The summed E-state index contributed by atoms with van der Waals surface area (Å²) in [6.45, 7) is 4.25. The Kier molecular flexibility index (Phi) is 5.62. The van der Waals surface area contributed by atoms with Gasteiger partial charge in [0.25, 0.3) is 0 Å². The third kappa shape index (κ3) is 4.32. The zero-order valence-electron chi connectivity index (χ0n) is 11.9. The summed E-state index contributed by atoms with van der Waals surface area (Å²) in [5, 5.41) is 0.865. The first kappa shape index (κ1) is 15.5. The Morgan fingerprint density at radius 3 is 2.85 bits per heavy atom. The zero-order valence-corrected chi connectivity index (χ0v) is 13.5. The lowest BCUT2D eigenvalue weighted by molar-refractivity contribution is 0.632. The smallest absolute Gasteiger partial charge is 0.128 e. The molecule has 1 aliphatic heterocycles. The number of allylic oxidation sites excluding steroid dienone is 1. The molecule has 2 heterocycles. The van der Waals surface area contributed by atoms with Gasteiger partial charge in [0.05, 0.1) is 0 Å². The van der Waals surface area contributed by atoms with E-state index in [-0.39, 0.29) is 5.50 Å². The molecule has 2 rings (SSSR count). The van der Waals surface area contributed by atoms with Crippen molar-refractivity contribution in [3.63, 3.8) is 0 Å². The molecule has 0 bridgehead atoms. The quantitative estimate of drug-likeness (QED) is 0.542. The second-order valence-corrected chi connectivity index (χ2v) is 6.33. The van der Waals surface area contributed by atoms with Crippen molar-refractivity contribution in [2.75, 3.05) is 0 Å². The first-order valence-corrected chi connectivity index (χ1v) is 7.85. The molecule has 0 saturated heterocycles. The molecule has 4 heteroatoms. The molecule has 0 fully saturated rings. The zero-order chi connectivity index (χ0) is 14.5. The molecule has 1 aliphatic rings. The normalized spacial score (nSPS) is 20.3. The minimum absolute atomic E-state index is 0.191. The summed E-state index contributed by atoms with van der Waals surface area (Å²) in [6, 6.07) is 4.24. The van der Waals surface area contributed by atoms with Gasteiger partial charge in [-0.25, -0.2) is 0 Å². The molecular formula is C16H20Cl2N2. The third-order valence-electron chi connectivity index (χ3n) is 3.67. The Labute approximate surface area is 130 Å². The van der Waals surface area contributed by atoms with Crippen molar-refractivity contribution in [2.45, 2.75) is 50.9 Å². The third-order valence-corrected chi connectivity index (χ3v) is 4.34. The number of halogens is 2. The molecule has 2 unspecified atom stereocenters. The Morgan fingerprint density at radius 1 is 1.40 bits per heavy atom. The van der Waals surface area contributed by atoms with Gasteiger partial charge < -0.3 is 0 Å². The van der Waals surface area contributed by atoms with Gasteiger partial charge >= 0.3 is 0 Å². The number of hydrogen-bond donors (Lipinski definition) is 0. The van der Waals surface area contributed by atoms with Gasteiger partial charge in [0.15, 0.2) is 0 Å². The van der Waals surface area contributed by atoms with Crippen LogP contribution in [0.4, 0.5) is 0 Å². The summed E-state index contributed by atoms with van der Waals surface area (Å²) in [6.07, 6.45) is 7.66. The van der Waals surface area contributed by atoms with E-state index >= 15 is 0 Å². The highest BCUT2D eigenvalue weighted by Gasteiger charge is 2.14. The van der Waals surface area contributed by atoms with E-state index < -0.39 is 0 Å². The second kappa shape index (κ2) is 7.24. The molecular weight excluding hydrogens is 291 g/mol. The van der Waals surface area contributed by atoms with Gasteiger partial charge in [0, 0.05) is 29.6 Å². The van der Waals surface area contributed by atoms with Gasteiger partial charge in [-0.15, -0.1) is 0 Å². The molecule has 0 spiro atoms. The molecule has 20 heavy (non-hydrogen) atoms. The first-order valence-electron chi connectivity index (χ1n) is 7.03. The lowest BCUT2D eigenvalue weighted by Crippen LogP contribution is -2.05. The van der Waals surface area contributed by atoms with E-state index in [1.807, 2.05) is 19.3 Å². The summed E-state index contributed by atoms with van der Waals surface area (Å²) in [4.78, 5) is 8.57. The van der Waals surface area contributed by atoms with Gasteiger partial charge in [0.2, 0.25) is 0 Å². The molecule has 0 aliphatic carbocycles. The van der Waals surface area contributed by atoms with E-state index in [0.29, 0.717) is 12.3 Å². The largest absolute Gasteiger partial charge is 0.273 e. The van der Waals surface area contributed by atoms with Crippen molar-refractivity contribution in [2.24, 2.45) is 4.99 Å². The summed E-state index contributed by atoms with van der Waals surface area (Å²) < 4.78 is 0. The van der Waals surface area contributed by atoms with E-state index in [9.17, 15) is 0 Å². The maximum atomic E-state index is 6.22. The van der Waals surface area contributed by atoms with E-state index in [1.165, 1.54) is 5.56 Å². The highest BCUT2D eigenvalue weighted by molar-refractivity contribution is 6.33. The van der Waals surface area contributed by atoms with Crippen LogP contribution >= 0.6 is 23.2 Å².